The van der Waals surface area contributed by atoms with E-state index in [-0.39, 0.29) is 42.4 Å². The number of nitrogens with zero attached hydrogens (tertiary/aromatic N) is 1. The molecule has 3 saturated heterocycles. The van der Waals surface area contributed by atoms with Crippen molar-refractivity contribution in [3.63, 3.8) is 0 Å². The number of rotatable bonds is 5. The second kappa shape index (κ2) is 8.34. The average Bonchev–Trinajstić information content (AvgIpc) is 3.15. The molecule has 9 nitrogen and oxygen atoms in total. The van der Waals surface area contributed by atoms with Crippen molar-refractivity contribution in [1.29, 1.82) is 0 Å². The van der Waals surface area contributed by atoms with Crippen molar-refractivity contribution in [3.8, 4) is 0 Å². The topological polar surface area (TPSA) is 136 Å². The van der Waals surface area contributed by atoms with Crippen molar-refractivity contribution < 1.29 is 29.5 Å². The molecule has 3 aliphatic rings. The fourth-order valence-electron chi connectivity index (χ4n) is 2.83. The number of aliphatic carboxylic acids is 1. The van der Waals surface area contributed by atoms with E-state index in [0.29, 0.717) is 5.25 Å². The summed E-state index contributed by atoms with van der Waals surface area (Å²) in [5.74, 6) is -0.773. The lowest BCUT2D eigenvalue weighted by Gasteiger charge is -2.16. The largest absolute Gasteiger partial charge is 0.481 e. The number of nitrogens with one attached hydrogen (secondary N) is 2. The maximum Gasteiger partial charge on any atom is 0.315 e. The quantitative estimate of drug-likeness (QED) is 0.240. The molecule has 0 radical (unpaired) electrons. The lowest BCUT2D eigenvalue weighted by atomic mass is 10.0. The molecule has 0 aromatic carbocycles. The highest BCUT2D eigenvalue weighted by molar-refractivity contribution is 8.00. The van der Waals surface area contributed by atoms with Gasteiger partial charge in [-0.1, -0.05) is 6.42 Å². The van der Waals surface area contributed by atoms with Gasteiger partial charge in [0.25, 0.3) is 11.8 Å². The highest BCUT2D eigenvalue weighted by Crippen LogP contribution is 2.33. The lowest BCUT2D eigenvalue weighted by Crippen LogP contribution is -2.36. The van der Waals surface area contributed by atoms with Crippen molar-refractivity contribution >= 4 is 35.6 Å². The molecule has 3 rings (SSSR count). The van der Waals surface area contributed by atoms with Gasteiger partial charge in [-0.25, -0.2) is 4.79 Å². The first-order valence-corrected chi connectivity index (χ1v) is 8.88. The minimum Gasteiger partial charge on any atom is -0.481 e. The molecule has 0 aromatic rings. The van der Waals surface area contributed by atoms with Crippen molar-refractivity contribution in [2.24, 2.45) is 0 Å². The summed E-state index contributed by atoms with van der Waals surface area (Å²) < 4.78 is 0. The van der Waals surface area contributed by atoms with Gasteiger partial charge in [0.15, 0.2) is 0 Å². The molecule has 0 unspecified atom stereocenters. The first-order chi connectivity index (χ1) is 11.4. The monoisotopic (exact) mass is 359 g/mol. The van der Waals surface area contributed by atoms with Crippen LogP contribution in [0.25, 0.3) is 0 Å². The second-order valence-corrected chi connectivity index (χ2v) is 7.13. The molecule has 0 aliphatic carbocycles. The Kier molecular flexibility index (Phi) is 6.44. The van der Waals surface area contributed by atoms with Crippen LogP contribution in [0.3, 0.4) is 0 Å². The van der Waals surface area contributed by atoms with Crippen LogP contribution in [-0.2, 0) is 14.4 Å². The van der Waals surface area contributed by atoms with Crippen LogP contribution in [0, 0.1) is 0 Å². The summed E-state index contributed by atoms with van der Waals surface area (Å²) in [4.78, 5) is 41.9. The molecule has 4 amide bonds. The third kappa shape index (κ3) is 4.84. The fourth-order valence-corrected chi connectivity index (χ4v) is 4.37. The Morgan fingerprint density at radius 2 is 1.83 bits per heavy atom. The number of carboxylic acids is 1. The normalized spacial score (nSPS) is 28.1. The van der Waals surface area contributed by atoms with Crippen LogP contribution in [0.1, 0.15) is 38.5 Å². The number of amides is 4. The average molecular weight is 359 g/mol. The second-order valence-electron chi connectivity index (χ2n) is 5.86. The first kappa shape index (κ1) is 18.5. The smallest absolute Gasteiger partial charge is 0.315 e. The standard InChI is InChI=1S/C10H16N2O3S.C4H5NO3/c13-8(14)4-2-1-3-7-9-6(5-16-7)11-10(15)12-9;6-3-1-2-4(7)5(3)8/h6-7,9H,1-5H2,(H,13,14)(H2,11,12,15);8H,1-2H2/t6-,7-,9-;/m0./s1. The molecule has 24 heavy (non-hydrogen) atoms. The molecule has 3 heterocycles. The van der Waals surface area contributed by atoms with Crippen LogP contribution in [0.5, 0.6) is 0 Å². The van der Waals surface area contributed by atoms with Gasteiger partial charge in [-0.05, 0) is 12.8 Å². The number of carbonyl (C=O) groups is 4. The van der Waals surface area contributed by atoms with E-state index in [2.05, 4.69) is 10.6 Å². The van der Waals surface area contributed by atoms with Gasteiger partial charge in [-0.15, -0.1) is 0 Å². The highest BCUT2D eigenvalue weighted by Gasteiger charge is 2.42. The minimum atomic E-state index is -0.729. The van der Waals surface area contributed by atoms with E-state index in [4.69, 9.17) is 10.3 Å². The van der Waals surface area contributed by atoms with Crippen molar-refractivity contribution in [1.82, 2.24) is 15.7 Å². The van der Waals surface area contributed by atoms with Crippen LogP contribution in [-0.4, -0.2) is 62.3 Å². The van der Waals surface area contributed by atoms with Gasteiger partial charge < -0.3 is 15.7 Å². The summed E-state index contributed by atoms with van der Waals surface area (Å²) in [6, 6.07) is 0.440. The Bertz CT molecular complexity index is 513. The number of hydroxylamine groups is 2. The van der Waals surface area contributed by atoms with Crippen LogP contribution >= 0.6 is 11.8 Å². The molecular weight excluding hydrogens is 338 g/mol. The summed E-state index contributed by atoms with van der Waals surface area (Å²) in [5, 5.41) is 23.3. The first-order valence-electron chi connectivity index (χ1n) is 7.83. The Hall–Kier alpha value is -1.81. The molecule has 0 aromatic heterocycles. The van der Waals surface area contributed by atoms with Crippen LogP contribution in [0.2, 0.25) is 0 Å². The summed E-state index contributed by atoms with van der Waals surface area (Å²) >= 11 is 1.87. The number of fused-ring (bicyclic) bond motifs is 1. The Labute approximate surface area is 143 Å². The van der Waals surface area contributed by atoms with Gasteiger partial charge >= 0.3 is 12.0 Å². The molecule has 134 valence electrons. The molecule has 10 heteroatoms. The fraction of sp³-hybridized carbons (Fsp3) is 0.714. The van der Waals surface area contributed by atoms with Crippen LogP contribution in [0.15, 0.2) is 0 Å². The highest BCUT2D eigenvalue weighted by atomic mass is 32.2. The van der Waals surface area contributed by atoms with Gasteiger partial charge in [0.1, 0.15) is 0 Å². The number of carboxylic acid groups (broad SMARTS) is 1. The van der Waals surface area contributed by atoms with Gasteiger partial charge in [0.2, 0.25) is 0 Å². The molecule has 3 aliphatic heterocycles. The molecule has 4 N–H and O–H groups in total. The molecule has 3 fully saturated rings. The van der Waals surface area contributed by atoms with Crippen LogP contribution < -0.4 is 10.6 Å². The SMILES string of the molecule is O=C(O)CCCC[C@@H]1SC[C@@H]2NC(=O)N[C@@H]21.O=C1CCC(=O)N1O. The van der Waals surface area contributed by atoms with E-state index in [1.165, 1.54) is 0 Å². The lowest BCUT2D eigenvalue weighted by molar-refractivity contribution is -0.171. The van der Waals surface area contributed by atoms with E-state index in [0.717, 1.165) is 25.0 Å². The summed E-state index contributed by atoms with van der Waals surface area (Å²) in [6.45, 7) is 0. The third-order valence-electron chi connectivity index (χ3n) is 4.09. The molecule has 0 spiro atoms. The van der Waals surface area contributed by atoms with Gasteiger partial charge in [0, 0.05) is 30.3 Å². The number of hydrogen-bond acceptors (Lipinski definition) is 6. The minimum absolute atomic E-state index is 0.0640. The summed E-state index contributed by atoms with van der Waals surface area (Å²) in [7, 11) is 0. The van der Waals surface area contributed by atoms with E-state index in [9.17, 15) is 19.2 Å². The van der Waals surface area contributed by atoms with Crippen molar-refractivity contribution in [2.75, 3.05) is 5.75 Å². The number of thioether (sulfide) groups is 1. The van der Waals surface area contributed by atoms with Gasteiger partial charge in [-0.2, -0.15) is 16.8 Å². The number of urea groups is 1. The Morgan fingerprint density at radius 1 is 1.17 bits per heavy atom. The Morgan fingerprint density at radius 3 is 2.38 bits per heavy atom. The van der Waals surface area contributed by atoms with E-state index < -0.39 is 17.8 Å². The third-order valence-corrected chi connectivity index (χ3v) is 5.60. The van der Waals surface area contributed by atoms with Gasteiger partial charge in [-0.3, -0.25) is 19.6 Å². The maximum absolute atomic E-state index is 11.1. The van der Waals surface area contributed by atoms with E-state index in [1.807, 2.05) is 11.8 Å². The molecule has 3 atom stereocenters. The summed E-state index contributed by atoms with van der Waals surface area (Å²) in [5.41, 5.74) is 0. The number of unbranched alkanes of at least 4 members (excludes halogenated alkanes) is 1. The Balaban J connectivity index is 0.000000219. The molecular formula is C14H21N3O6S. The predicted molar refractivity (Wildman–Crippen MR) is 84.5 cm³/mol. The molecule has 0 saturated carbocycles. The molecule has 0 bridgehead atoms. The number of carbonyl (C=O) groups excluding carboxylic acids is 3. The summed E-state index contributed by atoms with van der Waals surface area (Å²) in [6.07, 6.45) is 3.18. The zero-order chi connectivity index (χ0) is 17.7. The van der Waals surface area contributed by atoms with Crippen molar-refractivity contribution in [2.45, 2.75) is 55.9 Å². The van der Waals surface area contributed by atoms with Gasteiger partial charge in [0.05, 0.1) is 12.1 Å². The number of imide groups is 1. The number of hydrogen-bond donors (Lipinski definition) is 4. The van der Waals surface area contributed by atoms with E-state index in [1.54, 1.807) is 0 Å². The zero-order valence-electron chi connectivity index (χ0n) is 13.1. The zero-order valence-corrected chi connectivity index (χ0v) is 13.9. The van der Waals surface area contributed by atoms with Crippen LogP contribution in [0.4, 0.5) is 4.79 Å². The van der Waals surface area contributed by atoms with Crippen molar-refractivity contribution in [3.05, 3.63) is 0 Å². The predicted octanol–water partition coefficient (Wildman–Crippen LogP) is 0.321. The maximum atomic E-state index is 11.1. The van der Waals surface area contributed by atoms with E-state index >= 15 is 0 Å².